The molecular formula is C21H38O2. The Labute approximate surface area is 143 Å². The van der Waals surface area contributed by atoms with Gasteiger partial charge in [0, 0.05) is 0 Å². The second-order valence-electron chi connectivity index (χ2n) is 8.30. The van der Waals surface area contributed by atoms with E-state index < -0.39 is 5.97 Å². The summed E-state index contributed by atoms with van der Waals surface area (Å²) in [7, 11) is 0. The molecule has 0 aliphatic heterocycles. The predicted octanol–water partition coefficient (Wildman–Crippen LogP) is 6.58. The Morgan fingerprint density at radius 3 is 2.13 bits per heavy atom. The lowest BCUT2D eigenvalue weighted by atomic mass is 9.60. The molecule has 0 heterocycles. The lowest BCUT2D eigenvalue weighted by Crippen LogP contribution is -2.42. The molecule has 0 bridgehead atoms. The van der Waals surface area contributed by atoms with Crippen molar-refractivity contribution in [2.45, 2.75) is 110 Å². The van der Waals surface area contributed by atoms with Gasteiger partial charge in [-0.3, -0.25) is 4.79 Å². The molecule has 0 unspecified atom stereocenters. The smallest absolute Gasteiger partial charge is 0.309 e. The normalized spacial score (nSPS) is 27.7. The molecule has 2 aliphatic carbocycles. The van der Waals surface area contributed by atoms with Gasteiger partial charge in [0.05, 0.1) is 5.41 Å². The van der Waals surface area contributed by atoms with Gasteiger partial charge < -0.3 is 5.11 Å². The largest absolute Gasteiger partial charge is 0.481 e. The third kappa shape index (κ3) is 5.22. The summed E-state index contributed by atoms with van der Waals surface area (Å²) in [5, 5.41) is 9.85. The number of rotatable bonds is 9. The van der Waals surface area contributed by atoms with Crippen LogP contribution in [0.2, 0.25) is 0 Å². The van der Waals surface area contributed by atoms with Crippen LogP contribution in [-0.4, -0.2) is 11.1 Å². The summed E-state index contributed by atoms with van der Waals surface area (Å²) in [6.45, 7) is 2.27. The molecule has 0 aromatic carbocycles. The van der Waals surface area contributed by atoms with Gasteiger partial charge in [-0.2, -0.15) is 0 Å². The Morgan fingerprint density at radius 1 is 0.913 bits per heavy atom. The van der Waals surface area contributed by atoms with Crippen molar-refractivity contribution in [3.63, 3.8) is 0 Å². The van der Waals surface area contributed by atoms with Crippen LogP contribution in [0.1, 0.15) is 110 Å². The van der Waals surface area contributed by atoms with Gasteiger partial charge in [-0.05, 0) is 37.5 Å². The molecule has 0 saturated heterocycles. The second-order valence-corrected chi connectivity index (χ2v) is 8.30. The number of unbranched alkanes of at least 4 members (excludes halogenated alkanes) is 5. The monoisotopic (exact) mass is 322 g/mol. The van der Waals surface area contributed by atoms with Crippen LogP contribution in [-0.2, 0) is 4.79 Å². The highest BCUT2D eigenvalue weighted by atomic mass is 16.4. The maximum atomic E-state index is 12.0. The van der Waals surface area contributed by atoms with Gasteiger partial charge in [0.1, 0.15) is 0 Å². The van der Waals surface area contributed by atoms with Gasteiger partial charge in [-0.25, -0.2) is 0 Å². The van der Waals surface area contributed by atoms with E-state index in [4.69, 9.17) is 0 Å². The van der Waals surface area contributed by atoms with Gasteiger partial charge in [0.2, 0.25) is 0 Å². The maximum absolute atomic E-state index is 12.0. The highest BCUT2D eigenvalue weighted by Gasteiger charge is 2.46. The molecule has 2 heteroatoms. The van der Waals surface area contributed by atoms with Gasteiger partial charge >= 0.3 is 5.97 Å². The lowest BCUT2D eigenvalue weighted by Gasteiger charge is -2.43. The molecule has 0 spiro atoms. The van der Waals surface area contributed by atoms with Gasteiger partial charge in [-0.15, -0.1) is 0 Å². The number of carbonyl (C=O) groups is 1. The Morgan fingerprint density at radius 2 is 1.52 bits per heavy atom. The molecule has 2 aliphatic rings. The minimum Gasteiger partial charge on any atom is -0.481 e. The van der Waals surface area contributed by atoms with E-state index in [0.717, 1.165) is 31.6 Å². The average Bonchev–Trinajstić information content (AvgIpc) is 2.59. The maximum Gasteiger partial charge on any atom is 0.309 e. The SMILES string of the molecule is CCCCCCCCC1CCC(C2(C(=O)O)CCCCC2)CC1. The summed E-state index contributed by atoms with van der Waals surface area (Å²) in [5.74, 6) is 0.851. The number of aliphatic carboxylic acids is 1. The van der Waals surface area contributed by atoms with Crippen LogP contribution in [0.5, 0.6) is 0 Å². The van der Waals surface area contributed by atoms with Crippen LogP contribution in [0, 0.1) is 17.3 Å². The summed E-state index contributed by atoms with van der Waals surface area (Å²) in [5.41, 5.74) is -0.358. The van der Waals surface area contributed by atoms with Crippen molar-refractivity contribution in [3.8, 4) is 0 Å². The van der Waals surface area contributed by atoms with E-state index in [9.17, 15) is 9.90 Å². The standard InChI is InChI=1S/C21H38O2/c1-2-3-4-5-6-8-11-18-12-14-19(15-13-18)21(20(22)23)16-9-7-10-17-21/h18-19H,2-17H2,1H3,(H,22,23). The fourth-order valence-electron chi connectivity index (χ4n) is 5.20. The summed E-state index contributed by atoms with van der Waals surface area (Å²) in [6, 6.07) is 0. The number of hydrogen-bond acceptors (Lipinski definition) is 1. The van der Waals surface area contributed by atoms with E-state index in [0.29, 0.717) is 5.92 Å². The minimum atomic E-state index is -0.489. The van der Waals surface area contributed by atoms with E-state index >= 15 is 0 Å². The molecule has 2 fully saturated rings. The number of hydrogen-bond donors (Lipinski definition) is 1. The molecule has 23 heavy (non-hydrogen) atoms. The molecule has 0 radical (unpaired) electrons. The molecule has 1 N–H and O–H groups in total. The summed E-state index contributed by atoms with van der Waals surface area (Å²) < 4.78 is 0. The first-order valence-electron chi connectivity index (χ1n) is 10.4. The Balaban J connectivity index is 1.69. The van der Waals surface area contributed by atoms with Crippen molar-refractivity contribution in [1.29, 1.82) is 0 Å². The van der Waals surface area contributed by atoms with Crippen LogP contribution < -0.4 is 0 Å². The zero-order valence-electron chi connectivity index (χ0n) is 15.3. The van der Waals surface area contributed by atoms with Gasteiger partial charge in [0.15, 0.2) is 0 Å². The zero-order chi connectivity index (χ0) is 16.5. The summed E-state index contributed by atoms with van der Waals surface area (Å²) in [4.78, 5) is 12.0. The number of carboxylic acid groups (broad SMARTS) is 1. The van der Waals surface area contributed by atoms with Crippen LogP contribution >= 0.6 is 0 Å². The molecular weight excluding hydrogens is 284 g/mol. The first kappa shape index (κ1) is 18.8. The van der Waals surface area contributed by atoms with Crippen molar-refractivity contribution < 1.29 is 9.90 Å². The third-order valence-electron chi connectivity index (χ3n) is 6.77. The van der Waals surface area contributed by atoms with Crippen molar-refractivity contribution in [1.82, 2.24) is 0 Å². The first-order valence-corrected chi connectivity index (χ1v) is 10.4. The highest BCUT2D eigenvalue weighted by Crippen LogP contribution is 2.49. The number of carboxylic acids is 1. The highest BCUT2D eigenvalue weighted by molar-refractivity contribution is 5.75. The van der Waals surface area contributed by atoms with Crippen molar-refractivity contribution in [2.24, 2.45) is 17.3 Å². The molecule has 0 amide bonds. The fourth-order valence-corrected chi connectivity index (χ4v) is 5.20. The second kappa shape index (κ2) is 9.69. The van der Waals surface area contributed by atoms with E-state index in [1.807, 2.05) is 0 Å². The lowest BCUT2D eigenvalue weighted by molar-refractivity contribution is -0.157. The molecule has 2 rings (SSSR count). The van der Waals surface area contributed by atoms with E-state index in [1.165, 1.54) is 77.0 Å². The Bertz CT molecular complexity index is 336. The Kier molecular flexibility index (Phi) is 7.92. The molecule has 2 saturated carbocycles. The third-order valence-corrected chi connectivity index (χ3v) is 6.77. The molecule has 134 valence electrons. The van der Waals surface area contributed by atoms with Crippen molar-refractivity contribution in [3.05, 3.63) is 0 Å². The fraction of sp³-hybridized carbons (Fsp3) is 0.952. The van der Waals surface area contributed by atoms with Crippen LogP contribution in [0.15, 0.2) is 0 Å². The minimum absolute atomic E-state index is 0.358. The first-order chi connectivity index (χ1) is 11.2. The van der Waals surface area contributed by atoms with Crippen LogP contribution in [0.3, 0.4) is 0 Å². The topological polar surface area (TPSA) is 37.3 Å². The van der Waals surface area contributed by atoms with Crippen molar-refractivity contribution in [2.75, 3.05) is 0 Å². The zero-order valence-corrected chi connectivity index (χ0v) is 15.3. The van der Waals surface area contributed by atoms with E-state index in [-0.39, 0.29) is 5.41 Å². The van der Waals surface area contributed by atoms with Gasteiger partial charge in [0.25, 0.3) is 0 Å². The molecule has 0 aromatic heterocycles. The van der Waals surface area contributed by atoms with Crippen molar-refractivity contribution >= 4 is 5.97 Å². The summed E-state index contributed by atoms with van der Waals surface area (Å²) in [6.07, 6.45) is 20.0. The van der Waals surface area contributed by atoms with Gasteiger partial charge in [-0.1, -0.05) is 84.0 Å². The quantitative estimate of drug-likeness (QED) is 0.487. The van der Waals surface area contributed by atoms with Crippen LogP contribution in [0.4, 0.5) is 0 Å². The Hall–Kier alpha value is -0.530. The summed E-state index contributed by atoms with van der Waals surface area (Å²) >= 11 is 0. The van der Waals surface area contributed by atoms with E-state index in [2.05, 4.69) is 6.92 Å². The van der Waals surface area contributed by atoms with E-state index in [1.54, 1.807) is 0 Å². The molecule has 0 atom stereocenters. The molecule has 2 nitrogen and oxygen atoms in total. The average molecular weight is 323 g/mol. The predicted molar refractivity (Wildman–Crippen MR) is 96.6 cm³/mol. The molecule has 0 aromatic rings. The van der Waals surface area contributed by atoms with Crippen LogP contribution in [0.25, 0.3) is 0 Å².